The summed E-state index contributed by atoms with van der Waals surface area (Å²) in [5, 5.41) is 6.59. The molecule has 0 saturated carbocycles. The van der Waals surface area contributed by atoms with E-state index < -0.39 is 0 Å². The van der Waals surface area contributed by atoms with E-state index in [1.807, 2.05) is 0 Å². The number of carbonyl (C=O) groups is 1. The maximum absolute atomic E-state index is 12.3. The molecule has 2 N–H and O–H groups in total. The number of benzene rings is 2. The Hall–Kier alpha value is -2.13. The summed E-state index contributed by atoms with van der Waals surface area (Å²) < 4.78 is 0. The van der Waals surface area contributed by atoms with E-state index in [1.54, 1.807) is 0 Å². The van der Waals surface area contributed by atoms with Crippen molar-refractivity contribution in [2.45, 2.75) is 32.7 Å². The number of carbonyl (C=O) groups excluding carboxylic acids is 1. The molecule has 1 amide bonds. The van der Waals surface area contributed by atoms with Gasteiger partial charge in [0.05, 0.1) is 6.42 Å². The summed E-state index contributed by atoms with van der Waals surface area (Å²) in [6.45, 7) is 5.72. The lowest BCUT2D eigenvalue weighted by molar-refractivity contribution is -0.120. The van der Waals surface area contributed by atoms with Gasteiger partial charge in [0.25, 0.3) is 0 Å². The molecule has 120 valence electrons. The first kappa shape index (κ1) is 15.8. The van der Waals surface area contributed by atoms with E-state index in [1.165, 1.54) is 22.3 Å². The van der Waals surface area contributed by atoms with Crippen LogP contribution in [0.15, 0.2) is 42.5 Å². The molecule has 0 saturated heterocycles. The molecule has 1 heterocycles. The standard InChI is InChI=1S/C20H24N2O/c1-14-7-8-15(2)17(11-14)12-20(23)22-13-19-18-6-4-3-5-16(18)9-10-21-19/h3-8,11,19,21H,9-10,12-13H2,1-2H3,(H,22,23). The average molecular weight is 308 g/mol. The van der Waals surface area contributed by atoms with Crippen LogP contribution >= 0.6 is 0 Å². The van der Waals surface area contributed by atoms with Gasteiger partial charge < -0.3 is 10.6 Å². The maximum Gasteiger partial charge on any atom is 0.224 e. The molecule has 0 bridgehead atoms. The molecule has 0 spiro atoms. The highest BCUT2D eigenvalue weighted by molar-refractivity contribution is 5.79. The van der Waals surface area contributed by atoms with Crippen LogP contribution in [0.1, 0.15) is 33.9 Å². The van der Waals surface area contributed by atoms with Gasteiger partial charge in [0.1, 0.15) is 0 Å². The molecule has 23 heavy (non-hydrogen) atoms. The van der Waals surface area contributed by atoms with Crippen molar-refractivity contribution in [3.05, 3.63) is 70.3 Å². The lowest BCUT2D eigenvalue weighted by Gasteiger charge is -2.27. The van der Waals surface area contributed by atoms with Gasteiger partial charge >= 0.3 is 0 Å². The number of rotatable bonds is 4. The summed E-state index contributed by atoms with van der Waals surface area (Å²) in [5.41, 5.74) is 6.18. The molecule has 0 radical (unpaired) electrons. The lowest BCUT2D eigenvalue weighted by Crippen LogP contribution is -2.39. The van der Waals surface area contributed by atoms with Gasteiger partial charge in [0.15, 0.2) is 0 Å². The second-order valence-corrected chi connectivity index (χ2v) is 6.37. The molecule has 0 aliphatic carbocycles. The van der Waals surface area contributed by atoms with Crippen LogP contribution in [-0.4, -0.2) is 19.0 Å². The molecule has 1 aliphatic rings. The quantitative estimate of drug-likeness (QED) is 0.912. The van der Waals surface area contributed by atoms with Crippen LogP contribution in [0, 0.1) is 13.8 Å². The van der Waals surface area contributed by atoms with Crippen LogP contribution < -0.4 is 10.6 Å². The second kappa shape index (κ2) is 6.97. The lowest BCUT2D eigenvalue weighted by atomic mass is 9.94. The summed E-state index contributed by atoms with van der Waals surface area (Å²) in [6.07, 6.45) is 1.50. The van der Waals surface area contributed by atoms with E-state index in [0.29, 0.717) is 13.0 Å². The number of amides is 1. The Morgan fingerprint density at radius 1 is 1.22 bits per heavy atom. The zero-order valence-electron chi connectivity index (χ0n) is 13.9. The fourth-order valence-electron chi connectivity index (χ4n) is 3.22. The largest absolute Gasteiger partial charge is 0.354 e. The molecule has 2 aromatic carbocycles. The van der Waals surface area contributed by atoms with Crippen molar-refractivity contribution in [1.82, 2.24) is 10.6 Å². The first-order valence-electron chi connectivity index (χ1n) is 8.27. The van der Waals surface area contributed by atoms with Gasteiger partial charge in [0, 0.05) is 12.6 Å². The molecule has 3 heteroatoms. The Bertz CT molecular complexity index is 709. The van der Waals surface area contributed by atoms with Gasteiger partial charge in [-0.1, -0.05) is 48.0 Å². The van der Waals surface area contributed by atoms with Gasteiger partial charge in [-0.15, -0.1) is 0 Å². The van der Waals surface area contributed by atoms with E-state index in [9.17, 15) is 4.79 Å². The van der Waals surface area contributed by atoms with Crippen LogP contribution in [0.25, 0.3) is 0 Å². The highest BCUT2D eigenvalue weighted by atomic mass is 16.1. The number of aryl methyl sites for hydroxylation is 2. The van der Waals surface area contributed by atoms with Gasteiger partial charge in [-0.2, -0.15) is 0 Å². The molecule has 3 nitrogen and oxygen atoms in total. The molecule has 1 atom stereocenters. The van der Waals surface area contributed by atoms with E-state index >= 15 is 0 Å². The van der Waals surface area contributed by atoms with Gasteiger partial charge in [-0.3, -0.25) is 4.79 Å². The highest BCUT2D eigenvalue weighted by Crippen LogP contribution is 2.21. The van der Waals surface area contributed by atoms with Crippen molar-refractivity contribution in [2.24, 2.45) is 0 Å². The van der Waals surface area contributed by atoms with E-state index in [2.05, 4.69) is 66.9 Å². The zero-order chi connectivity index (χ0) is 16.2. The van der Waals surface area contributed by atoms with Crippen molar-refractivity contribution in [3.8, 4) is 0 Å². The maximum atomic E-state index is 12.3. The number of fused-ring (bicyclic) bond motifs is 1. The van der Waals surface area contributed by atoms with E-state index in [-0.39, 0.29) is 11.9 Å². The molecular weight excluding hydrogens is 284 g/mol. The summed E-state index contributed by atoms with van der Waals surface area (Å²) in [6, 6.07) is 15.0. The molecule has 0 aromatic heterocycles. The first-order chi connectivity index (χ1) is 11.1. The summed E-state index contributed by atoms with van der Waals surface area (Å²) in [7, 11) is 0. The van der Waals surface area contributed by atoms with E-state index in [4.69, 9.17) is 0 Å². The van der Waals surface area contributed by atoms with Crippen molar-refractivity contribution in [3.63, 3.8) is 0 Å². The number of hydrogen-bond acceptors (Lipinski definition) is 2. The zero-order valence-corrected chi connectivity index (χ0v) is 13.9. The Balaban J connectivity index is 1.61. The van der Waals surface area contributed by atoms with Crippen molar-refractivity contribution < 1.29 is 4.79 Å². The van der Waals surface area contributed by atoms with Gasteiger partial charge in [0.2, 0.25) is 5.91 Å². The average Bonchev–Trinajstić information content (AvgIpc) is 2.56. The highest BCUT2D eigenvalue weighted by Gasteiger charge is 2.19. The smallest absolute Gasteiger partial charge is 0.224 e. The molecule has 3 rings (SSSR count). The van der Waals surface area contributed by atoms with Crippen LogP contribution in [0.4, 0.5) is 0 Å². The van der Waals surface area contributed by atoms with Gasteiger partial charge in [-0.05, 0) is 49.1 Å². The molecule has 1 aliphatic heterocycles. The second-order valence-electron chi connectivity index (χ2n) is 6.37. The molecule has 1 unspecified atom stereocenters. The van der Waals surface area contributed by atoms with E-state index in [0.717, 1.165) is 18.5 Å². The van der Waals surface area contributed by atoms with Gasteiger partial charge in [-0.25, -0.2) is 0 Å². The van der Waals surface area contributed by atoms with Crippen LogP contribution in [0.3, 0.4) is 0 Å². The summed E-state index contributed by atoms with van der Waals surface area (Å²) in [5.74, 6) is 0.0866. The third kappa shape index (κ3) is 3.80. The van der Waals surface area contributed by atoms with Crippen LogP contribution in [0.5, 0.6) is 0 Å². The number of hydrogen-bond donors (Lipinski definition) is 2. The Morgan fingerprint density at radius 3 is 2.91 bits per heavy atom. The predicted molar refractivity (Wildman–Crippen MR) is 93.5 cm³/mol. The van der Waals surface area contributed by atoms with Crippen molar-refractivity contribution >= 4 is 5.91 Å². The fraction of sp³-hybridized carbons (Fsp3) is 0.350. The Kier molecular flexibility index (Phi) is 4.77. The minimum Gasteiger partial charge on any atom is -0.354 e. The molecular formula is C20H24N2O. The fourth-order valence-corrected chi connectivity index (χ4v) is 3.22. The SMILES string of the molecule is Cc1ccc(C)c(CC(=O)NCC2NCCc3ccccc32)c1. The normalized spacial score (nSPS) is 16.7. The monoisotopic (exact) mass is 308 g/mol. The molecule has 2 aromatic rings. The van der Waals surface area contributed by atoms with Crippen LogP contribution in [0.2, 0.25) is 0 Å². The number of nitrogens with one attached hydrogen (secondary N) is 2. The summed E-state index contributed by atoms with van der Waals surface area (Å²) >= 11 is 0. The summed E-state index contributed by atoms with van der Waals surface area (Å²) in [4.78, 5) is 12.3. The molecule has 0 fully saturated rings. The topological polar surface area (TPSA) is 41.1 Å². The van der Waals surface area contributed by atoms with Crippen molar-refractivity contribution in [2.75, 3.05) is 13.1 Å². The first-order valence-corrected chi connectivity index (χ1v) is 8.27. The third-order valence-corrected chi connectivity index (χ3v) is 4.57. The van der Waals surface area contributed by atoms with Crippen LogP contribution in [-0.2, 0) is 17.6 Å². The Labute approximate surface area is 138 Å². The Morgan fingerprint density at radius 2 is 2.04 bits per heavy atom. The van der Waals surface area contributed by atoms with Crippen molar-refractivity contribution in [1.29, 1.82) is 0 Å². The predicted octanol–water partition coefficient (Wildman–Crippen LogP) is 2.85. The minimum absolute atomic E-state index is 0.0866. The minimum atomic E-state index is 0.0866. The third-order valence-electron chi connectivity index (χ3n) is 4.57.